The number of nitrogens with zero attached hydrogens (tertiary/aromatic N) is 3. The van der Waals surface area contributed by atoms with Crippen molar-refractivity contribution in [2.24, 2.45) is 5.92 Å². The Labute approximate surface area is 94.1 Å². The van der Waals surface area contributed by atoms with Gasteiger partial charge in [-0.3, -0.25) is 0 Å². The molecule has 16 heavy (non-hydrogen) atoms. The fourth-order valence-electron chi connectivity index (χ4n) is 1.73. The van der Waals surface area contributed by atoms with Crippen LogP contribution in [0.15, 0.2) is 12.1 Å². The summed E-state index contributed by atoms with van der Waals surface area (Å²) >= 11 is 0. The molecule has 1 unspecified atom stereocenters. The number of aromatic carboxylic acids is 1. The highest BCUT2D eigenvalue weighted by atomic mass is 16.4. The minimum absolute atomic E-state index is 0.0174. The first kappa shape index (κ1) is 10.9. The molecule has 5 nitrogen and oxygen atoms in total. The Morgan fingerprint density at radius 2 is 2.19 bits per heavy atom. The van der Waals surface area contributed by atoms with Gasteiger partial charge in [0.05, 0.1) is 0 Å². The third kappa shape index (κ3) is 2.13. The van der Waals surface area contributed by atoms with Crippen LogP contribution in [-0.4, -0.2) is 34.4 Å². The van der Waals surface area contributed by atoms with Crippen LogP contribution in [-0.2, 0) is 0 Å². The second-order valence-corrected chi connectivity index (χ2v) is 4.27. The molecular formula is C11H15N3O2. The smallest absolute Gasteiger partial charge is 0.356 e. The van der Waals surface area contributed by atoms with E-state index in [0.717, 1.165) is 11.7 Å². The molecule has 1 aliphatic carbocycles. The maximum absolute atomic E-state index is 10.6. The van der Waals surface area contributed by atoms with Crippen LogP contribution in [0.25, 0.3) is 0 Å². The summed E-state index contributed by atoms with van der Waals surface area (Å²) < 4.78 is 0. The lowest BCUT2D eigenvalue weighted by Gasteiger charge is -2.25. The first-order chi connectivity index (χ1) is 7.59. The number of aromatic nitrogens is 2. The largest absolute Gasteiger partial charge is 0.476 e. The monoisotopic (exact) mass is 221 g/mol. The highest BCUT2D eigenvalue weighted by Crippen LogP contribution is 2.35. The summed E-state index contributed by atoms with van der Waals surface area (Å²) in [6, 6.07) is 3.63. The van der Waals surface area contributed by atoms with Crippen LogP contribution in [0.5, 0.6) is 0 Å². The van der Waals surface area contributed by atoms with Crippen molar-refractivity contribution in [1.82, 2.24) is 10.2 Å². The quantitative estimate of drug-likeness (QED) is 0.832. The van der Waals surface area contributed by atoms with E-state index in [0.29, 0.717) is 6.04 Å². The fraction of sp³-hybridized carbons (Fsp3) is 0.545. The highest BCUT2D eigenvalue weighted by molar-refractivity contribution is 5.85. The van der Waals surface area contributed by atoms with Gasteiger partial charge in [0.15, 0.2) is 11.5 Å². The molecule has 5 heteroatoms. The Balaban J connectivity index is 2.11. The molecular weight excluding hydrogens is 206 g/mol. The molecule has 0 amide bonds. The van der Waals surface area contributed by atoms with Gasteiger partial charge < -0.3 is 10.0 Å². The first-order valence-electron chi connectivity index (χ1n) is 5.39. The number of carboxylic acids is 1. The molecule has 1 fully saturated rings. The standard InChI is InChI=1S/C11H15N3O2/c1-7(8-3-4-8)14(2)10-6-5-9(11(15)16)12-13-10/h5-8H,3-4H2,1-2H3,(H,15,16). The van der Waals surface area contributed by atoms with E-state index in [1.54, 1.807) is 6.07 Å². The van der Waals surface area contributed by atoms with E-state index in [9.17, 15) is 4.79 Å². The molecule has 1 aromatic heterocycles. The van der Waals surface area contributed by atoms with Gasteiger partial charge in [0.1, 0.15) is 0 Å². The molecule has 0 spiro atoms. The lowest BCUT2D eigenvalue weighted by molar-refractivity contribution is 0.0689. The van der Waals surface area contributed by atoms with Gasteiger partial charge in [0, 0.05) is 13.1 Å². The van der Waals surface area contributed by atoms with Crippen molar-refractivity contribution in [2.45, 2.75) is 25.8 Å². The lowest BCUT2D eigenvalue weighted by Crippen LogP contribution is -2.31. The zero-order valence-corrected chi connectivity index (χ0v) is 9.42. The molecule has 1 aliphatic rings. The first-order valence-corrected chi connectivity index (χ1v) is 5.39. The third-order valence-corrected chi connectivity index (χ3v) is 3.15. The van der Waals surface area contributed by atoms with Gasteiger partial charge in [-0.15, -0.1) is 10.2 Å². The van der Waals surface area contributed by atoms with Crippen molar-refractivity contribution < 1.29 is 9.90 Å². The zero-order chi connectivity index (χ0) is 11.7. The van der Waals surface area contributed by atoms with E-state index in [4.69, 9.17) is 5.11 Å². The SMILES string of the molecule is CC(C1CC1)N(C)c1ccc(C(=O)O)nn1. The fourth-order valence-corrected chi connectivity index (χ4v) is 1.73. The number of carbonyl (C=O) groups is 1. The third-order valence-electron chi connectivity index (χ3n) is 3.15. The number of hydrogen-bond donors (Lipinski definition) is 1. The molecule has 1 N–H and O–H groups in total. The summed E-state index contributed by atoms with van der Waals surface area (Å²) in [7, 11) is 1.97. The maximum atomic E-state index is 10.6. The molecule has 1 saturated carbocycles. The van der Waals surface area contributed by atoms with Gasteiger partial charge in [-0.2, -0.15) is 0 Å². The average molecular weight is 221 g/mol. The Morgan fingerprint density at radius 3 is 2.62 bits per heavy atom. The molecule has 0 saturated heterocycles. The van der Waals surface area contributed by atoms with Crippen molar-refractivity contribution in [3.63, 3.8) is 0 Å². The molecule has 0 aliphatic heterocycles. The summed E-state index contributed by atoms with van der Waals surface area (Å²) in [5.74, 6) is 0.423. The molecule has 1 aromatic rings. The van der Waals surface area contributed by atoms with Crippen LogP contribution >= 0.6 is 0 Å². The summed E-state index contributed by atoms with van der Waals surface area (Å²) in [4.78, 5) is 12.7. The van der Waals surface area contributed by atoms with E-state index >= 15 is 0 Å². The van der Waals surface area contributed by atoms with Gasteiger partial charge >= 0.3 is 5.97 Å². The molecule has 0 bridgehead atoms. The molecule has 2 rings (SSSR count). The number of carboxylic acid groups (broad SMARTS) is 1. The zero-order valence-electron chi connectivity index (χ0n) is 9.42. The van der Waals surface area contributed by atoms with Crippen LogP contribution in [0.2, 0.25) is 0 Å². The number of anilines is 1. The van der Waals surface area contributed by atoms with Crippen LogP contribution in [0, 0.1) is 5.92 Å². The average Bonchev–Trinajstić information content (AvgIpc) is 3.11. The Bertz CT molecular complexity index is 387. The van der Waals surface area contributed by atoms with Crippen LogP contribution in [0.1, 0.15) is 30.3 Å². The van der Waals surface area contributed by atoms with E-state index < -0.39 is 5.97 Å². The minimum atomic E-state index is -1.04. The van der Waals surface area contributed by atoms with Crippen molar-refractivity contribution in [1.29, 1.82) is 0 Å². The lowest BCUT2D eigenvalue weighted by atomic mass is 10.2. The van der Waals surface area contributed by atoms with Gasteiger partial charge in [0.25, 0.3) is 0 Å². The molecule has 0 aromatic carbocycles. The summed E-state index contributed by atoms with van der Waals surface area (Å²) in [6.07, 6.45) is 2.54. The summed E-state index contributed by atoms with van der Waals surface area (Å²) in [6.45, 7) is 2.16. The van der Waals surface area contributed by atoms with Crippen LogP contribution < -0.4 is 4.90 Å². The predicted octanol–water partition coefficient (Wildman–Crippen LogP) is 1.41. The summed E-state index contributed by atoms with van der Waals surface area (Å²) in [5.41, 5.74) is -0.0174. The van der Waals surface area contributed by atoms with Gasteiger partial charge in [-0.1, -0.05) is 0 Å². The topological polar surface area (TPSA) is 66.3 Å². The Kier molecular flexibility index (Phi) is 2.77. The normalized spacial score (nSPS) is 16.9. The predicted molar refractivity (Wildman–Crippen MR) is 59.6 cm³/mol. The molecule has 1 heterocycles. The van der Waals surface area contributed by atoms with Gasteiger partial charge in [-0.25, -0.2) is 4.79 Å². The van der Waals surface area contributed by atoms with Crippen LogP contribution in [0.3, 0.4) is 0 Å². The molecule has 1 atom stereocenters. The number of hydrogen-bond acceptors (Lipinski definition) is 4. The van der Waals surface area contributed by atoms with Crippen molar-refractivity contribution in [3.05, 3.63) is 17.8 Å². The minimum Gasteiger partial charge on any atom is -0.476 e. The van der Waals surface area contributed by atoms with Gasteiger partial charge in [-0.05, 0) is 37.8 Å². The molecule has 86 valence electrons. The molecule has 0 radical (unpaired) electrons. The van der Waals surface area contributed by atoms with E-state index in [1.807, 2.05) is 7.05 Å². The van der Waals surface area contributed by atoms with Gasteiger partial charge in [0.2, 0.25) is 0 Å². The van der Waals surface area contributed by atoms with Crippen molar-refractivity contribution in [2.75, 3.05) is 11.9 Å². The number of rotatable bonds is 4. The Hall–Kier alpha value is -1.65. The van der Waals surface area contributed by atoms with E-state index in [1.165, 1.54) is 18.9 Å². The highest BCUT2D eigenvalue weighted by Gasteiger charge is 2.31. The van der Waals surface area contributed by atoms with Crippen molar-refractivity contribution >= 4 is 11.8 Å². The van der Waals surface area contributed by atoms with Crippen molar-refractivity contribution in [3.8, 4) is 0 Å². The second kappa shape index (κ2) is 4.08. The second-order valence-electron chi connectivity index (χ2n) is 4.27. The van der Waals surface area contributed by atoms with E-state index in [-0.39, 0.29) is 5.69 Å². The Morgan fingerprint density at radius 1 is 1.50 bits per heavy atom. The maximum Gasteiger partial charge on any atom is 0.356 e. The van der Waals surface area contributed by atoms with Crippen LogP contribution in [0.4, 0.5) is 5.82 Å². The van der Waals surface area contributed by atoms with E-state index in [2.05, 4.69) is 22.0 Å². The summed E-state index contributed by atoms with van der Waals surface area (Å²) in [5, 5.41) is 16.3.